The van der Waals surface area contributed by atoms with Gasteiger partial charge in [0.1, 0.15) is 0 Å². The van der Waals surface area contributed by atoms with Crippen LogP contribution in [0.2, 0.25) is 0 Å². The van der Waals surface area contributed by atoms with Gasteiger partial charge in [0.05, 0.1) is 6.10 Å². The molecule has 0 aromatic rings. The van der Waals surface area contributed by atoms with Gasteiger partial charge < -0.3 is 5.11 Å². The van der Waals surface area contributed by atoms with Crippen molar-refractivity contribution >= 4 is 0 Å². The molecule has 1 nitrogen and oxygen atoms in total. The van der Waals surface area contributed by atoms with E-state index in [4.69, 9.17) is 0 Å². The smallest absolute Gasteiger partial charge is 0.0636 e. The van der Waals surface area contributed by atoms with Gasteiger partial charge in [-0.1, -0.05) is 70.1 Å². The Bertz CT molecular complexity index is 712. The van der Waals surface area contributed by atoms with Gasteiger partial charge in [-0.3, -0.25) is 0 Å². The highest BCUT2D eigenvalue weighted by Crippen LogP contribution is 2.66. The Morgan fingerprint density at radius 3 is 2.59 bits per heavy atom. The average Bonchev–Trinajstić information content (AvgIpc) is 3.04. The number of aliphatic hydroxyl groups excluding tert-OH is 1. The van der Waals surface area contributed by atoms with Gasteiger partial charge in [0.25, 0.3) is 0 Å². The number of rotatable bonds is 5. The maximum absolute atomic E-state index is 11.0. The van der Waals surface area contributed by atoms with Crippen molar-refractivity contribution in [3.05, 3.63) is 35.5 Å². The van der Waals surface area contributed by atoms with E-state index in [1.54, 1.807) is 5.57 Å². The van der Waals surface area contributed by atoms with Crippen LogP contribution in [0.25, 0.3) is 0 Å². The molecular weight excluding hydrogens is 352 g/mol. The molecule has 3 fully saturated rings. The third-order valence-corrected chi connectivity index (χ3v) is 10.1. The van der Waals surface area contributed by atoms with Gasteiger partial charge in [-0.15, -0.1) is 0 Å². The van der Waals surface area contributed by atoms with Crippen LogP contribution < -0.4 is 0 Å². The number of hydrogen-bond acceptors (Lipinski definition) is 1. The molecule has 0 aliphatic heterocycles. The first-order valence-electron chi connectivity index (χ1n) is 12.5. The first-order valence-corrected chi connectivity index (χ1v) is 12.5. The van der Waals surface area contributed by atoms with Crippen LogP contribution in [0, 0.1) is 40.4 Å². The summed E-state index contributed by atoms with van der Waals surface area (Å²) in [7, 11) is 0. The van der Waals surface area contributed by atoms with E-state index in [1.807, 2.05) is 0 Å². The van der Waals surface area contributed by atoms with E-state index in [2.05, 4.69) is 53.3 Å². The highest BCUT2D eigenvalue weighted by Gasteiger charge is 2.58. The molecule has 4 rings (SSSR count). The Morgan fingerprint density at radius 1 is 1.10 bits per heavy atom. The average molecular weight is 397 g/mol. The van der Waals surface area contributed by atoms with E-state index in [0.717, 1.165) is 30.6 Å². The summed E-state index contributed by atoms with van der Waals surface area (Å²) in [6, 6.07) is 0. The van der Waals surface area contributed by atoms with Crippen LogP contribution >= 0.6 is 0 Å². The van der Waals surface area contributed by atoms with Crippen molar-refractivity contribution in [2.24, 2.45) is 40.4 Å². The summed E-state index contributed by atoms with van der Waals surface area (Å²) >= 11 is 0. The lowest BCUT2D eigenvalue weighted by atomic mass is 9.49. The van der Waals surface area contributed by atoms with Crippen molar-refractivity contribution in [3.63, 3.8) is 0 Å². The van der Waals surface area contributed by atoms with Crippen LogP contribution in [0.1, 0.15) is 92.4 Å². The molecule has 0 heterocycles. The fraction of sp³-hybridized carbons (Fsp3) is 0.786. The van der Waals surface area contributed by atoms with E-state index in [0.29, 0.717) is 17.3 Å². The van der Waals surface area contributed by atoms with Crippen molar-refractivity contribution in [2.45, 2.75) is 98.5 Å². The molecule has 4 aliphatic carbocycles. The molecule has 3 saturated carbocycles. The Kier molecular flexibility index (Phi) is 5.69. The Labute approximate surface area is 179 Å². The van der Waals surface area contributed by atoms with Crippen molar-refractivity contribution < 1.29 is 5.11 Å². The third-order valence-electron chi connectivity index (χ3n) is 10.1. The van der Waals surface area contributed by atoms with E-state index in [-0.39, 0.29) is 11.5 Å². The lowest BCUT2D eigenvalue weighted by molar-refractivity contribution is -0.0245. The molecule has 0 amide bonds. The molecular formula is C28H44O. The predicted molar refractivity (Wildman–Crippen MR) is 124 cm³/mol. The minimum Gasteiger partial charge on any atom is -0.392 e. The van der Waals surface area contributed by atoms with Gasteiger partial charge in [0, 0.05) is 5.41 Å². The molecule has 0 aromatic carbocycles. The summed E-state index contributed by atoms with van der Waals surface area (Å²) in [6.45, 7) is 16.4. The second kappa shape index (κ2) is 7.70. The molecule has 1 heteroatoms. The van der Waals surface area contributed by atoms with Crippen molar-refractivity contribution in [3.8, 4) is 0 Å². The molecule has 29 heavy (non-hydrogen) atoms. The second-order valence-electron chi connectivity index (χ2n) is 11.7. The SMILES string of the molecule is C=C(CC[C@@H](C)[C@H]1CC[C@H]2C3=CC=C4CCCC(O)[C@]4(C)[C@H]3CC[C@]12C)C(C)C. The Hall–Kier alpha value is -0.820. The summed E-state index contributed by atoms with van der Waals surface area (Å²) in [5.74, 6) is 3.53. The fourth-order valence-electron chi connectivity index (χ4n) is 7.94. The largest absolute Gasteiger partial charge is 0.392 e. The predicted octanol–water partition coefficient (Wildman–Crippen LogP) is 7.47. The summed E-state index contributed by atoms with van der Waals surface area (Å²) in [5, 5.41) is 11.0. The highest BCUT2D eigenvalue weighted by atomic mass is 16.3. The monoisotopic (exact) mass is 396 g/mol. The molecule has 0 saturated heterocycles. The summed E-state index contributed by atoms with van der Waals surface area (Å²) in [5.41, 5.74) is 5.10. The molecule has 7 atom stereocenters. The summed E-state index contributed by atoms with van der Waals surface area (Å²) in [4.78, 5) is 0. The van der Waals surface area contributed by atoms with E-state index < -0.39 is 0 Å². The van der Waals surface area contributed by atoms with Crippen molar-refractivity contribution in [1.82, 2.24) is 0 Å². The van der Waals surface area contributed by atoms with E-state index >= 15 is 0 Å². The molecule has 0 radical (unpaired) electrons. The molecule has 1 unspecified atom stereocenters. The van der Waals surface area contributed by atoms with Crippen LogP contribution in [-0.4, -0.2) is 11.2 Å². The molecule has 0 bridgehead atoms. The zero-order chi connectivity index (χ0) is 21.0. The quantitative estimate of drug-likeness (QED) is 0.478. The molecule has 1 N–H and O–H groups in total. The van der Waals surface area contributed by atoms with Crippen LogP contribution in [-0.2, 0) is 0 Å². The van der Waals surface area contributed by atoms with Crippen LogP contribution in [0.15, 0.2) is 35.5 Å². The van der Waals surface area contributed by atoms with Gasteiger partial charge >= 0.3 is 0 Å². The lowest BCUT2D eigenvalue weighted by Gasteiger charge is -2.56. The normalized spacial score (nSPS) is 42.4. The third kappa shape index (κ3) is 3.31. The topological polar surface area (TPSA) is 20.2 Å². The van der Waals surface area contributed by atoms with Crippen molar-refractivity contribution in [2.75, 3.05) is 0 Å². The minimum absolute atomic E-state index is 0.00235. The van der Waals surface area contributed by atoms with Crippen LogP contribution in [0.3, 0.4) is 0 Å². The first-order chi connectivity index (χ1) is 13.7. The van der Waals surface area contributed by atoms with Gasteiger partial charge in [-0.05, 0) is 92.8 Å². The van der Waals surface area contributed by atoms with E-state index in [1.165, 1.54) is 56.1 Å². The molecule has 4 aliphatic rings. The summed E-state index contributed by atoms with van der Waals surface area (Å²) in [6.07, 6.45) is 15.9. The maximum Gasteiger partial charge on any atom is 0.0636 e. The Balaban J connectivity index is 1.55. The van der Waals surface area contributed by atoms with Gasteiger partial charge in [0.2, 0.25) is 0 Å². The number of hydrogen-bond donors (Lipinski definition) is 1. The standard InChI is InChI=1S/C28H44O/c1-18(2)19(3)10-11-20(4)23-14-15-24-22-13-12-21-8-7-9-26(29)28(21,6)25(22)16-17-27(23,24)5/h12-13,18,20,23-26,29H,3,7-11,14-17H2,1-2,4-6H3/t20-,23-,24+,25+,26?,27-,28+/m1/s1. The maximum atomic E-state index is 11.0. The van der Waals surface area contributed by atoms with Gasteiger partial charge in [0.15, 0.2) is 0 Å². The van der Waals surface area contributed by atoms with Crippen LogP contribution in [0.5, 0.6) is 0 Å². The first kappa shape index (κ1) is 21.4. The minimum atomic E-state index is -0.154. The second-order valence-corrected chi connectivity index (χ2v) is 11.7. The Morgan fingerprint density at radius 2 is 1.86 bits per heavy atom. The number of allylic oxidation sites excluding steroid dienone is 4. The molecule has 0 spiro atoms. The number of aliphatic hydroxyl groups is 1. The number of fused-ring (bicyclic) bond motifs is 5. The van der Waals surface area contributed by atoms with Gasteiger partial charge in [-0.2, -0.15) is 0 Å². The van der Waals surface area contributed by atoms with E-state index in [9.17, 15) is 5.11 Å². The van der Waals surface area contributed by atoms with Gasteiger partial charge in [-0.25, -0.2) is 0 Å². The lowest BCUT2D eigenvalue weighted by Crippen LogP contribution is -2.50. The summed E-state index contributed by atoms with van der Waals surface area (Å²) < 4.78 is 0. The molecule has 162 valence electrons. The highest BCUT2D eigenvalue weighted by molar-refractivity contribution is 5.39. The zero-order valence-electron chi connectivity index (χ0n) is 19.6. The zero-order valence-corrected chi connectivity index (χ0v) is 19.6. The van der Waals surface area contributed by atoms with Crippen LogP contribution in [0.4, 0.5) is 0 Å². The molecule has 0 aromatic heterocycles. The fourth-order valence-corrected chi connectivity index (χ4v) is 7.94. The van der Waals surface area contributed by atoms with Crippen molar-refractivity contribution in [1.29, 1.82) is 0 Å².